The van der Waals surface area contributed by atoms with Crippen LogP contribution in [-0.2, 0) is 4.74 Å². The third kappa shape index (κ3) is 3.95. The molecule has 0 aliphatic carbocycles. The van der Waals surface area contributed by atoms with E-state index < -0.39 is 0 Å². The van der Waals surface area contributed by atoms with Crippen molar-refractivity contribution in [2.24, 2.45) is 0 Å². The van der Waals surface area contributed by atoms with E-state index in [9.17, 15) is 4.39 Å². The summed E-state index contributed by atoms with van der Waals surface area (Å²) in [6.45, 7) is 9.65. The molecule has 3 nitrogen and oxygen atoms in total. The van der Waals surface area contributed by atoms with Crippen LogP contribution in [0.3, 0.4) is 0 Å². The van der Waals surface area contributed by atoms with E-state index in [1.54, 1.807) is 19.2 Å². The monoisotopic (exact) mass is 297 g/mol. The first-order valence-corrected chi connectivity index (χ1v) is 7.79. The first-order chi connectivity index (χ1) is 10.1. The lowest BCUT2D eigenvalue weighted by molar-refractivity contribution is -0.0734. The summed E-state index contributed by atoms with van der Waals surface area (Å²) in [7, 11) is 1.61. The summed E-state index contributed by atoms with van der Waals surface area (Å²) >= 11 is 0. The van der Waals surface area contributed by atoms with Gasteiger partial charge in [-0.25, -0.2) is 4.39 Å². The maximum absolute atomic E-state index is 13.7. The molecule has 0 amide bonds. The Labute approximate surface area is 127 Å². The fourth-order valence-electron chi connectivity index (χ4n) is 2.95. The third-order valence-electron chi connectivity index (χ3n) is 4.07. The molecule has 0 saturated carbocycles. The van der Waals surface area contributed by atoms with Crippen molar-refractivity contribution in [3.8, 4) is 5.75 Å². The van der Waals surface area contributed by atoms with Gasteiger partial charge in [-0.1, -0.05) is 20.8 Å². The first-order valence-electron chi connectivity index (χ1n) is 7.79. The third-order valence-corrected chi connectivity index (χ3v) is 4.07. The second kappa shape index (κ2) is 8.35. The summed E-state index contributed by atoms with van der Waals surface area (Å²) in [5.74, 6) is 0.430. The van der Waals surface area contributed by atoms with E-state index in [0.29, 0.717) is 12.4 Å². The van der Waals surface area contributed by atoms with Crippen LogP contribution in [0.2, 0.25) is 0 Å². The molecule has 0 saturated heterocycles. The summed E-state index contributed by atoms with van der Waals surface area (Å²) in [6.07, 6.45) is 1.68. The van der Waals surface area contributed by atoms with Crippen molar-refractivity contribution >= 4 is 0 Å². The molecule has 4 heteroatoms. The van der Waals surface area contributed by atoms with Gasteiger partial charge in [0.05, 0.1) is 18.8 Å². The van der Waals surface area contributed by atoms with Crippen LogP contribution in [0.4, 0.5) is 4.39 Å². The van der Waals surface area contributed by atoms with Gasteiger partial charge in [-0.05, 0) is 44.5 Å². The Bertz CT molecular complexity index is 433. The lowest BCUT2D eigenvalue weighted by atomic mass is 9.83. The molecule has 1 atom stereocenters. The normalized spacial score (nSPS) is 13.2. The van der Waals surface area contributed by atoms with Crippen LogP contribution in [0.1, 0.15) is 52.1 Å². The molecule has 1 rings (SSSR count). The molecule has 0 aromatic heterocycles. The Balaban J connectivity index is 3.36. The zero-order chi connectivity index (χ0) is 15.9. The van der Waals surface area contributed by atoms with Gasteiger partial charge in [0, 0.05) is 12.2 Å². The molecule has 1 N–H and O–H groups in total. The summed E-state index contributed by atoms with van der Waals surface area (Å²) in [6, 6.07) is 4.54. The number of benzene rings is 1. The Morgan fingerprint density at radius 1 is 1.19 bits per heavy atom. The van der Waals surface area contributed by atoms with Gasteiger partial charge in [0.25, 0.3) is 0 Å². The lowest BCUT2D eigenvalue weighted by Crippen LogP contribution is -2.45. The van der Waals surface area contributed by atoms with Gasteiger partial charge < -0.3 is 14.8 Å². The van der Waals surface area contributed by atoms with Crippen LogP contribution in [0.15, 0.2) is 18.2 Å². The zero-order valence-corrected chi connectivity index (χ0v) is 13.8. The number of hydrogen-bond donors (Lipinski definition) is 1. The molecule has 1 unspecified atom stereocenters. The van der Waals surface area contributed by atoms with Crippen LogP contribution >= 0.6 is 0 Å². The van der Waals surface area contributed by atoms with E-state index in [-0.39, 0.29) is 17.5 Å². The molecule has 0 radical (unpaired) electrons. The van der Waals surface area contributed by atoms with E-state index in [2.05, 4.69) is 19.2 Å². The molecule has 1 aromatic carbocycles. The van der Waals surface area contributed by atoms with Gasteiger partial charge >= 0.3 is 0 Å². The second-order valence-corrected chi connectivity index (χ2v) is 5.08. The van der Waals surface area contributed by atoms with Gasteiger partial charge in [-0.3, -0.25) is 0 Å². The number of hydrogen-bond acceptors (Lipinski definition) is 3. The van der Waals surface area contributed by atoms with Crippen molar-refractivity contribution in [1.82, 2.24) is 5.32 Å². The summed E-state index contributed by atoms with van der Waals surface area (Å²) in [4.78, 5) is 0. The van der Waals surface area contributed by atoms with E-state index in [1.165, 1.54) is 6.07 Å². The molecule has 0 fully saturated rings. The SMILES string of the molecule is CCNC(c1cc(F)ccc1OC)C(CC)(CC)OCC. The average molecular weight is 297 g/mol. The maximum Gasteiger partial charge on any atom is 0.123 e. The molecule has 0 spiro atoms. The Morgan fingerprint density at radius 3 is 2.33 bits per heavy atom. The van der Waals surface area contributed by atoms with Gasteiger partial charge in [-0.15, -0.1) is 0 Å². The molecule has 1 aromatic rings. The van der Waals surface area contributed by atoms with Crippen LogP contribution in [0.25, 0.3) is 0 Å². The number of ether oxygens (including phenoxy) is 2. The summed E-state index contributed by atoms with van der Waals surface area (Å²) in [5, 5.41) is 3.46. The van der Waals surface area contributed by atoms with Gasteiger partial charge in [0.1, 0.15) is 11.6 Å². The number of nitrogens with one attached hydrogen (secondary N) is 1. The molecule has 0 bridgehead atoms. The van der Waals surface area contributed by atoms with E-state index in [0.717, 1.165) is 24.9 Å². The van der Waals surface area contributed by atoms with Crippen molar-refractivity contribution in [3.63, 3.8) is 0 Å². The number of rotatable bonds is 9. The smallest absolute Gasteiger partial charge is 0.123 e. The highest BCUT2D eigenvalue weighted by molar-refractivity contribution is 5.38. The quantitative estimate of drug-likeness (QED) is 0.745. The highest BCUT2D eigenvalue weighted by atomic mass is 19.1. The highest BCUT2D eigenvalue weighted by Crippen LogP contribution is 2.39. The first kappa shape index (κ1) is 17.9. The summed E-state index contributed by atoms with van der Waals surface area (Å²) in [5.41, 5.74) is 0.447. The number of methoxy groups -OCH3 is 1. The molecule has 0 heterocycles. The molecular weight excluding hydrogens is 269 g/mol. The molecule has 0 aliphatic rings. The van der Waals surface area contributed by atoms with Crippen LogP contribution < -0.4 is 10.1 Å². The van der Waals surface area contributed by atoms with Crippen LogP contribution in [0, 0.1) is 5.82 Å². The maximum atomic E-state index is 13.7. The van der Waals surface area contributed by atoms with Gasteiger partial charge in [-0.2, -0.15) is 0 Å². The Morgan fingerprint density at radius 2 is 1.86 bits per heavy atom. The minimum Gasteiger partial charge on any atom is -0.496 e. The Hall–Kier alpha value is -1.13. The Kier molecular flexibility index (Phi) is 7.12. The predicted molar refractivity (Wildman–Crippen MR) is 84.3 cm³/mol. The molecule has 21 heavy (non-hydrogen) atoms. The zero-order valence-electron chi connectivity index (χ0n) is 13.8. The van der Waals surface area contributed by atoms with E-state index >= 15 is 0 Å². The largest absolute Gasteiger partial charge is 0.496 e. The minimum atomic E-state index is -0.369. The molecule has 120 valence electrons. The van der Waals surface area contributed by atoms with Crippen LogP contribution in [-0.4, -0.2) is 25.9 Å². The van der Waals surface area contributed by atoms with Crippen molar-refractivity contribution < 1.29 is 13.9 Å². The predicted octanol–water partition coefficient (Wildman–Crippen LogP) is 4.08. The number of likely N-dealkylation sites (N-methyl/N-ethyl adjacent to an activating group) is 1. The van der Waals surface area contributed by atoms with Crippen molar-refractivity contribution in [1.29, 1.82) is 0 Å². The minimum absolute atomic E-state index is 0.108. The standard InChI is InChI=1S/C17H28FNO2/c1-6-17(7-2,21-9-4)16(19-8-3)14-12-13(18)10-11-15(14)20-5/h10-12,16,19H,6-9H2,1-5H3. The van der Waals surface area contributed by atoms with E-state index in [4.69, 9.17) is 9.47 Å². The van der Waals surface area contributed by atoms with Crippen molar-refractivity contribution in [2.45, 2.75) is 52.2 Å². The van der Waals surface area contributed by atoms with Crippen molar-refractivity contribution in [2.75, 3.05) is 20.3 Å². The molecular formula is C17H28FNO2. The fraction of sp³-hybridized carbons (Fsp3) is 0.647. The topological polar surface area (TPSA) is 30.5 Å². The summed E-state index contributed by atoms with van der Waals surface area (Å²) < 4.78 is 25.3. The van der Waals surface area contributed by atoms with Crippen molar-refractivity contribution in [3.05, 3.63) is 29.6 Å². The average Bonchev–Trinajstić information content (AvgIpc) is 2.51. The second-order valence-electron chi connectivity index (χ2n) is 5.08. The van der Waals surface area contributed by atoms with E-state index in [1.807, 2.05) is 13.8 Å². The molecule has 0 aliphatic heterocycles. The lowest BCUT2D eigenvalue weighted by Gasteiger charge is -2.40. The highest BCUT2D eigenvalue weighted by Gasteiger charge is 2.38. The van der Waals surface area contributed by atoms with Gasteiger partial charge in [0.2, 0.25) is 0 Å². The number of halogens is 1. The van der Waals surface area contributed by atoms with Crippen LogP contribution in [0.5, 0.6) is 5.75 Å². The fourth-order valence-corrected chi connectivity index (χ4v) is 2.95. The van der Waals surface area contributed by atoms with Gasteiger partial charge in [0.15, 0.2) is 0 Å².